The second-order valence-electron chi connectivity index (χ2n) is 4.12. The van der Waals surface area contributed by atoms with Crippen molar-refractivity contribution in [1.29, 1.82) is 0 Å². The van der Waals surface area contributed by atoms with Crippen LogP contribution in [-0.2, 0) is 9.59 Å². The predicted octanol–water partition coefficient (Wildman–Crippen LogP) is 1.69. The molecule has 106 valence electrons. The van der Waals surface area contributed by atoms with E-state index in [-0.39, 0.29) is 32.0 Å². The van der Waals surface area contributed by atoms with Crippen molar-refractivity contribution in [2.24, 2.45) is 0 Å². The third-order valence-electron chi connectivity index (χ3n) is 2.44. The molecule has 20 heavy (non-hydrogen) atoms. The van der Waals surface area contributed by atoms with Crippen LogP contribution in [0.4, 0.5) is 5.69 Å². The van der Waals surface area contributed by atoms with Gasteiger partial charge in [0, 0.05) is 23.7 Å². The summed E-state index contributed by atoms with van der Waals surface area (Å²) < 4.78 is 0. The molecule has 0 fully saturated rings. The summed E-state index contributed by atoms with van der Waals surface area (Å²) in [6.45, 7) is 0.286. The lowest BCUT2D eigenvalue weighted by atomic mass is 10.3. The average molecular weight is 295 g/mol. The summed E-state index contributed by atoms with van der Waals surface area (Å²) in [7, 11) is 0. The molecule has 1 rings (SSSR count). The highest BCUT2D eigenvalue weighted by atomic mass is 35.5. The topological polar surface area (TPSA) is 69.6 Å². The van der Waals surface area contributed by atoms with Crippen molar-refractivity contribution in [2.45, 2.75) is 6.42 Å². The Morgan fingerprint density at radius 3 is 2.80 bits per heavy atom. The van der Waals surface area contributed by atoms with Crippen LogP contribution in [0.3, 0.4) is 0 Å². The Morgan fingerprint density at radius 2 is 2.20 bits per heavy atom. The van der Waals surface area contributed by atoms with Gasteiger partial charge >= 0.3 is 5.97 Å². The maximum absolute atomic E-state index is 11.7. The lowest BCUT2D eigenvalue weighted by molar-refractivity contribution is -0.138. The Bertz CT molecular complexity index is 525. The molecule has 0 aliphatic carbocycles. The van der Waals surface area contributed by atoms with Gasteiger partial charge in [0.05, 0.1) is 13.1 Å². The minimum absolute atomic E-state index is 0.154. The highest BCUT2D eigenvalue weighted by Crippen LogP contribution is 2.14. The summed E-state index contributed by atoms with van der Waals surface area (Å²) in [4.78, 5) is 23.9. The van der Waals surface area contributed by atoms with Crippen molar-refractivity contribution in [3.63, 3.8) is 0 Å². The Morgan fingerprint density at radius 1 is 1.45 bits per heavy atom. The maximum atomic E-state index is 11.7. The Hall–Kier alpha value is -2.03. The monoisotopic (exact) mass is 294 g/mol. The van der Waals surface area contributed by atoms with Gasteiger partial charge in [0.15, 0.2) is 0 Å². The molecule has 0 spiro atoms. The van der Waals surface area contributed by atoms with Gasteiger partial charge in [-0.05, 0) is 18.2 Å². The molecule has 0 unspecified atom stereocenters. The van der Waals surface area contributed by atoms with Crippen molar-refractivity contribution in [2.75, 3.05) is 25.0 Å². The van der Waals surface area contributed by atoms with Crippen LogP contribution in [0.25, 0.3) is 0 Å². The molecule has 0 bridgehead atoms. The van der Waals surface area contributed by atoms with E-state index in [9.17, 15) is 9.59 Å². The van der Waals surface area contributed by atoms with Gasteiger partial charge in [0.2, 0.25) is 5.91 Å². The molecule has 1 amide bonds. The van der Waals surface area contributed by atoms with Gasteiger partial charge in [0.1, 0.15) is 0 Å². The van der Waals surface area contributed by atoms with Crippen LogP contribution < -0.4 is 5.32 Å². The number of anilines is 1. The van der Waals surface area contributed by atoms with Crippen molar-refractivity contribution in [3.8, 4) is 12.3 Å². The number of benzene rings is 1. The molecule has 6 heteroatoms. The van der Waals surface area contributed by atoms with E-state index in [1.54, 1.807) is 24.3 Å². The number of nitrogens with zero attached hydrogens (tertiary/aromatic N) is 1. The Labute approximate surface area is 122 Å². The SMILES string of the molecule is C#CCN(CCC(=O)Nc1cccc(Cl)c1)CC(=O)O. The lowest BCUT2D eigenvalue weighted by Crippen LogP contribution is -2.33. The van der Waals surface area contributed by atoms with Crippen molar-refractivity contribution in [1.82, 2.24) is 4.90 Å². The molecule has 0 radical (unpaired) electrons. The highest BCUT2D eigenvalue weighted by Gasteiger charge is 2.11. The molecular weight excluding hydrogens is 280 g/mol. The standard InChI is InChI=1S/C14H15ClN2O3/c1-2-7-17(10-14(19)20)8-6-13(18)16-12-5-3-4-11(15)9-12/h1,3-5,9H,6-8,10H2,(H,16,18)(H,19,20). The fraction of sp³-hybridized carbons (Fsp3) is 0.286. The second kappa shape index (κ2) is 8.20. The van der Waals surface area contributed by atoms with E-state index >= 15 is 0 Å². The molecule has 0 aliphatic rings. The van der Waals surface area contributed by atoms with Gasteiger partial charge in [-0.25, -0.2) is 0 Å². The summed E-state index contributed by atoms with van der Waals surface area (Å²) in [5.74, 6) is 1.17. The van der Waals surface area contributed by atoms with Crippen LogP contribution in [0.2, 0.25) is 5.02 Å². The molecule has 1 aromatic carbocycles. The molecule has 0 saturated carbocycles. The van der Waals surface area contributed by atoms with Crippen LogP contribution in [0, 0.1) is 12.3 Å². The van der Waals surface area contributed by atoms with Crippen molar-refractivity contribution in [3.05, 3.63) is 29.3 Å². The average Bonchev–Trinajstić information content (AvgIpc) is 2.35. The van der Waals surface area contributed by atoms with Crippen molar-refractivity contribution >= 4 is 29.2 Å². The normalized spacial score (nSPS) is 10.1. The Kier molecular flexibility index (Phi) is 6.57. The molecule has 0 aromatic heterocycles. The fourth-order valence-corrected chi connectivity index (χ4v) is 1.77. The molecule has 0 atom stereocenters. The van der Waals surface area contributed by atoms with E-state index in [1.165, 1.54) is 4.90 Å². The number of terminal acetylenes is 1. The van der Waals surface area contributed by atoms with Crippen LogP contribution in [0.1, 0.15) is 6.42 Å². The molecule has 0 aliphatic heterocycles. The largest absolute Gasteiger partial charge is 0.480 e. The molecule has 2 N–H and O–H groups in total. The van der Waals surface area contributed by atoms with E-state index in [0.717, 1.165) is 0 Å². The molecule has 0 heterocycles. The van der Waals surface area contributed by atoms with E-state index in [0.29, 0.717) is 10.7 Å². The highest BCUT2D eigenvalue weighted by molar-refractivity contribution is 6.30. The smallest absolute Gasteiger partial charge is 0.317 e. The quantitative estimate of drug-likeness (QED) is 0.751. The van der Waals surface area contributed by atoms with Gasteiger partial charge in [-0.3, -0.25) is 14.5 Å². The number of hydrogen-bond acceptors (Lipinski definition) is 3. The van der Waals surface area contributed by atoms with Crippen LogP contribution in [0.5, 0.6) is 0 Å². The number of carbonyl (C=O) groups excluding carboxylic acids is 1. The minimum Gasteiger partial charge on any atom is -0.480 e. The summed E-state index contributed by atoms with van der Waals surface area (Å²) in [6.07, 6.45) is 5.31. The number of carboxylic acid groups (broad SMARTS) is 1. The van der Waals surface area contributed by atoms with E-state index in [2.05, 4.69) is 11.2 Å². The van der Waals surface area contributed by atoms with E-state index < -0.39 is 5.97 Å². The minimum atomic E-state index is -0.976. The van der Waals surface area contributed by atoms with Gasteiger partial charge in [0.25, 0.3) is 0 Å². The van der Waals surface area contributed by atoms with E-state index in [1.807, 2.05) is 0 Å². The first-order valence-electron chi connectivity index (χ1n) is 5.94. The molecule has 0 saturated heterocycles. The third-order valence-corrected chi connectivity index (χ3v) is 2.67. The van der Waals surface area contributed by atoms with Gasteiger partial charge in [-0.15, -0.1) is 6.42 Å². The van der Waals surface area contributed by atoms with Gasteiger partial charge in [-0.2, -0.15) is 0 Å². The van der Waals surface area contributed by atoms with Crippen molar-refractivity contribution < 1.29 is 14.7 Å². The number of halogens is 1. The summed E-state index contributed by atoms with van der Waals surface area (Å²) in [5, 5.41) is 11.9. The first kappa shape index (κ1) is 16.0. The fourth-order valence-electron chi connectivity index (χ4n) is 1.58. The summed E-state index contributed by atoms with van der Waals surface area (Å²) >= 11 is 5.81. The zero-order valence-corrected chi connectivity index (χ0v) is 11.6. The first-order chi connectivity index (χ1) is 9.51. The second-order valence-corrected chi connectivity index (χ2v) is 4.55. The number of amides is 1. The lowest BCUT2D eigenvalue weighted by Gasteiger charge is -2.16. The summed E-state index contributed by atoms with van der Waals surface area (Å²) in [5.41, 5.74) is 0.601. The summed E-state index contributed by atoms with van der Waals surface area (Å²) in [6, 6.07) is 6.79. The number of carbonyl (C=O) groups is 2. The zero-order valence-electron chi connectivity index (χ0n) is 10.8. The Balaban J connectivity index is 2.45. The number of nitrogens with one attached hydrogen (secondary N) is 1. The number of carboxylic acids is 1. The maximum Gasteiger partial charge on any atom is 0.317 e. The first-order valence-corrected chi connectivity index (χ1v) is 6.32. The third kappa shape index (κ3) is 6.23. The van der Waals surface area contributed by atoms with Gasteiger partial charge < -0.3 is 10.4 Å². The zero-order chi connectivity index (χ0) is 15.0. The number of aliphatic carboxylic acids is 1. The predicted molar refractivity (Wildman–Crippen MR) is 77.6 cm³/mol. The van der Waals surface area contributed by atoms with Gasteiger partial charge in [-0.1, -0.05) is 23.6 Å². The van der Waals surface area contributed by atoms with Crippen LogP contribution in [0.15, 0.2) is 24.3 Å². The number of rotatable bonds is 7. The van der Waals surface area contributed by atoms with Crippen LogP contribution in [-0.4, -0.2) is 41.5 Å². The number of hydrogen-bond donors (Lipinski definition) is 2. The molecule has 5 nitrogen and oxygen atoms in total. The van der Waals surface area contributed by atoms with Crippen LogP contribution >= 0.6 is 11.6 Å². The molecular formula is C14H15ClN2O3. The molecule has 1 aromatic rings. The van der Waals surface area contributed by atoms with E-state index in [4.69, 9.17) is 23.1 Å².